The third-order valence-electron chi connectivity index (χ3n) is 2.73. The largest absolute Gasteiger partial charge is 0.378 e. The van der Waals surface area contributed by atoms with E-state index in [2.05, 4.69) is 27.3 Å². The maximum absolute atomic E-state index is 4.57. The lowest BCUT2D eigenvalue weighted by molar-refractivity contribution is 0.810. The number of aryl methyl sites for hydroxylation is 1. The molecular formula is C12H19N3S. The van der Waals surface area contributed by atoms with Crippen LogP contribution >= 0.6 is 11.8 Å². The molecule has 1 N–H and O–H groups in total. The molecule has 1 aliphatic heterocycles. The van der Waals surface area contributed by atoms with Gasteiger partial charge in [0.2, 0.25) is 0 Å². The molecule has 4 heteroatoms. The minimum atomic E-state index is 0.605. The molecule has 1 saturated heterocycles. The van der Waals surface area contributed by atoms with Crippen molar-refractivity contribution in [2.45, 2.75) is 19.4 Å². The van der Waals surface area contributed by atoms with Crippen LogP contribution in [0.25, 0.3) is 0 Å². The number of anilines is 2. The van der Waals surface area contributed by atoms with E-state index in [0.717, 1.165) is 17.2 Å². The monoisotopic (exact) mass is 237 g/mol. The molecule has 3 nitrogen and oxygen atoms in total. The molecule has 0 aliphatic carbocycles. The normalized spacial score (nSPS) is 19.8. The summed E-state index contributed by atoms with van der Waals surface area (Å²) in [6, 6.07) is 4.81. The Morgan fingerprint density at radius 1 is 1.44 bits per heavy atom. The summed E-state index contributed by atoms with van der Waals surface area (Å²) in [5.74, 6) is 3.52. The lowest BCUT2D eigenvalue weighted by atomic mass is 10.2. The summed E-state index contributed by atoms with van der Waals surface area (Å²) in [6.07, 6.45) is 1.26. The van der Waals surface area contributed by atoms with E-state index in [0.29, 0.717) is 6.04 Å². The van der Waals surface area contributed by atoms with Crippen molar-refractivity contribution in [2.24, 2.45) is 0 Å². The van der Waals surface area contributed by atoms with Crippen molar-refractivity contribution >= 4 is 23.3 Å². The maximum Gasteiger partial charge on any atom is 0.151 e. The topological polar surface area (TPSA) is 28.2 Å². The van der Waals surface area contributed by atoms with Crippen molar-refractivity contribution in [1.82, 2.24) is 4.98 Å². The minimum Gasteiger partial charge on any atom is -0.378 e. The Labute approximate surface area is 102 Å². The van der Waals surface area contributed by atoms with Crippen LogP contribution in [0.2, 0.25) is 0 Å². The number of nitrogens with zero attached hydrogens (tertiary/aromatic N) is 2. The second-order valence-corrected chi connectivity index (χ2v) is 5.57. The predicted molar refractivity (Wildman–Crippen MR) is 72.7 cm³/mol. The average molecular weight is 237 g/mol. The van der Waals surface area contributed by atoms with Gasteiger partial charge in [-0.05, 0) is 31.2 Å². The first-order chi connectivity index (χ1) is 7.66. The number of rotatable bonds is 3. The number of nitrogens with one attached hydrogen (secondary N) is 1. The molecule has 1 aliphatic rings. The van der Waals surface area contributed by atoms with Crippen molar-refractivity contribution in [3.05, 3.63) is 17.8 Å². The zero-order chi connectivity index (χ0) is 11.5. The van der Waals surface area contributed by atoms with Crippen LogP contribution in [-0.2, 0) is 0 Å². The molecule has 2 heterocycles. The first-order valence-electron chi connectivity index (χ1n) is 5.66. The van der Waals surface area contributed by atoms with Crippen LogP contribution in [0.4, 0.5) is 11.5 Å². The van der Waals surface area contributed by atoms with Gasteiger partial charge < -0.3 is 10.2 Å². The Kier molecular flexibility index (Phi) is 3.59. The fourth-order valence-electron chi connectivity index (χ4n) is 1.86. The van der Waals surface area contributed by atoms with E-state index in [4.69, 9.17) is 0 Å². The van der Waals surface area contributed by atoms with Gasteiger partial charge in [-0.3, -0.25) is 0 Å². The highest BCUT2D eigenvalue weighted by molar-refractivity contribution is 7.99. The second-order valence-electron chi connectivity index (χ2n) is 4.42. The maximum atomic E-state index is 4.57. The molecule has 0 radical (unpaired) electrons. The summed E-state index contributed by atoms with van der Waals surface area (Å²) >= 11 is 2.02. The van der Waals surface area contributed by atoms with Gasteiger partial charge in [0, 0.05) is 31.6 Å². The molecule has 1 unspecified atom stereocenters. The fourth-order valence-corrected chi connectivity index (χ4v) is 3.02. The molecule has 0 spiro atoms. The van der Waals surface area contributed by atoms with Gasteiger partial charge in [-0.15, -0.1) is 0 Å². The van der Waals surface area contributed by atoms with Crippen LogP contribution in [0, 0.1) is 6.92 Å². The van der Waals surface area contributed by atoms with Crippen LogP contribution in [-0.4, -0.2) is 36.6 Å². The van der Waals surface area contributed by atoms with Crippen LogP contribution < -0.4 is 10.2 Å². The Morgan fingerprint density at radius 2 is 2.25 bits per heavy atom. The van der Waals surface area contributed by atoms with Gasteiger partial charge in [-0.2, -0.15) is 11.8 Å². The molecule has 1 aromatic rings. The number of aromatic nitrogens is 1. The molecular weight excluding hydrogens is 218 g/mol. The fraction of sp³-hybridized carbons (Fsp3) is 0.583. The minimum absolute atomic E-state index is 0.605. The van der Waals surface area contributed by atoms with Gasteiger partial charge in [0.05, 0.1) is 5.69 Å². The molecule has 88 valence electrons. The molecule has 1 atom stereocenters. The number of hydrogen-bond acceptors (Lipinski definition) is 4. The molecule has 2 rings (SSSR count). The van der Waals surface area contributed by atoms with Crippen molar-refractivity contribution < 1.29 is 0 Å². The molecule has 0 amide bonds. The zero-order valence-corrected chi connectivity index (χ0v) is 11.0. The predicted octanol–water partition coefficient (Wildman–Crippen LogP) is 2.37. The molecule has 1 aromatic heterocycles. The van der Waals surface area contributed by atoms with Crippen LogP contribution in [0.5, 0.6) is 0 Å². The van der Waals surface area contributed by atoms with Crippen molar-refractivity contribution in [1.29, 1.82) is 0 Å². The highest BCUT2D eigenvalue weighted by atomic mass is 32.2. The van der Waals surface area contributed by atoms with Gasteiger partial charge in [-0.25, -0.2) is 4.98 Å². The van der Waals surface area contributed by atoms with Gasteiger partial charge >= 0.3 is 0 Å². The van der Waals surface area contributed by atoms with Gasteiger partial charge in [0.15, 0.2) is 5.82 Å². The summed E-state index contributed by atoms with van der Waals surface area (Å²) in [5.41, 5.74) is 2.22. The van der Waals surface area contributed by atoms with Crippen molar-refractivity contribution in [3.63, 3.8) is 0 Å². The Balaban J connectivity index is 2.18. The van der Waals surface area contributed by atoms with Gasteiger partial charge in [0.1, 0.15) is 0 Å². The summed E-state index contributed by atoms with van der Waals surface area (Å²) in [4.78, 5) is 6.64. The summed E-state index contributed by atoms with van der Waals surface area (Å²) in [7, 11) is 4.08. The first kappa shape index (κ1) is 11.6. The standard InChI is InChI=1S/C12H19N3S/c1-9-4-5-11(12(13-9)15(2)3)14-10-6-7-16-8-10/h4-5,10,14H,6-8H2,1-3H3. The SMILES string of the molecule is Cc1ccc(NC2CCSC2)c(N(C)C)n1. The molecule has 0 saturated carbocycles. The van der Waals surface area contributed by atoms with Crippen LogP contribution in [0.15, 0.2) is 12.1 Å². The van der Waals surface area contributed by atoms with E-state index < -0.39 is 0 Å². The number of pyridine rings is 1. The third-order valence-corrected chi connectivity index (χ3v) is 3.89. The highest BCUT2D eigenvalue weighted by Crippen LogP contribution is 2.26. The van der Waals surface area contributed by atoms with E-state index >= 15 is 0 Å². The molecule has 0 aromatic carbocycles. The van der Waals surface area contributed by atoms with E-state index in [1.807, 2.05) is 32.8 Å². The van der Waals surface area contributed by atoms with Crippen molar-refractivity contribution in [3.8, 4) is 0 Å². The highest BCUT2D eigenvalue weighted by Gasteiger charge is 2.17. The number of hydrogen-bond donors (Lipinski definition) is 1. The number of thioether (sulfide) groups is 1. The summed E-state index contributed by atoms with van der Waals surface area (Å²) in [6.45, 7) is 2.03. The lowest BCUT2D eigenvalue weighted by Crippen LogP contribution is -2.21. The zero-order valence-electron chi connectivity index (χ0n) is 10.2. The van der Waals surface area contributed by atoms with Crippen molar-refractivity contribution in [2.75, 3.05) is 35.8 Å². The molecule has 16 heavy (non-hydrogen) atoms. The Hall–Kier alpha value is -0.900. The van der Waals surface area contributed by atoms with E-state index in [1.54, 1.807) is 0 Å². The second kappa shape index (κ2) is 4.95. The average Bonchev–Trinajstić information content (AvgIpc) is 2.73. The van der Waals surface area contributed by atoms with E-state index in [-0.39, 0.29) is 0 Å². The summed E-state index contributed by atoms with van der Waals surface area (Å²) in [5, 5.41) is 3.59. The lowest BCUT2D eigenvalue weighted by Gasteiger charge is -2.20. The summed E-state index contributed by atoms with van der Waals surface area (Å²) < 4.78 is 0. The van der Waals surface area contributed by atoms with Gasteiger partial charge in [-0.1, -0.05) is 0 Å². The Morgan fingerprint density at radius 3 is 2.88 bits per heavy atom. The molecule has 1 fully saturated rings. The van der Waals surface area contributed by atoms with E-state index in [1.165, 1.54) is 17.9 Å². The molecule has 0 bridgehead atoms. The Bertz CT molecular complexity index is 359. The van der Waals surface area contributed by atoms with Crippen LogP contribution in [0.1, 0.15) is 12.1 Å². The van der Waals surface area contributed by atoms with Gasteiger partial charge in [0.25, 0.3) is 0 Å². The quantitative estimate of drug-likeness (QED) is 0.873. The first-order valence-corrected chi connectivity index (χ1v) is 6.81. The van der Waals surface area contributed by atoms with E-state index in [9.17, 15) is 0 Å². The third kappa shape index (κ3) is 2.61. The van der Waals surface area contributed by atoms with Crippen LogP contribution in [0.3, 0.4) is 0 Å². The smallest absolute Gasteiger partial charge is 0.151 e.